The fraction of sp³-hybridized carbons (Fsp3) is 0.308. The Balaban J connectivity index is 2.64. The lowest BCUT2D eigenvalue weighted by atomic mass is 9.97. The van der Waals surface area contributed by atoms with E-state index in [1.54, 1.807) is 0 Å². The highest BCUT2D eigenvalue weighted by Crippen LogP contribution is 2.30. The third-order valence-electron chi connectivity index (χ3n) is 2.97. The van der Waals surface area contributed by atoms with Gasteiger partial charge in [-0.1, -0.05) is 31.5 Å². The lowest BCUT2D eigenvalue weighted by Crippen LogP contribution is -1.92. The number of pyridine rings is 1. The number of rotatable bonds is 2. The van der Waals surface area contributed by atoms with Crippen molar-refractivity contribution in [1.82, 2.24) is 4.98 Å². The Kier molecular flexibility index (Phi) is 3.70. The summed E-state index contributed by atoms with van der Waals surface area (Å²) in [4.78, 5) is 4.38. The second kappa shape index (κ2) is 4.88. The van der Waals surface area contributed by atoms with Crippen LogP contribution in [-0.4, -0.2) is 4.98 Å². The zero-order chi connectivity index (χ0) is 11.7. The van der Waals surface area contributed by atoms with Gasteiger partial charge in [0.25, 0.3) is 0 Å². The van der Waals surface area contributed by atoms with Crippen molar-refractivity contribution in [3.8, 4) is 0 Å². The quantitative estimate of drug-likeness (QED) is 0.698. The van der Waals surface area contributed by atoms with E-state index in [-0.39, 0.29) is 0 Å². The van der Waals surface area contributed by atoms with Gasteiger partial charge in [-0.05, 0) is 52.6 Å². The summed E-state index contributed by atoms with van der Waals surface area (Å²) in [5.74, 6) is 0.568. The Morgan fingerprint density at radius 3 is 2.88 bits per heavy atom. The van der Waals surface area contributed by atoms with Crippen molar-refractivity contribution in [3.05, 3.63) is 38.6 Å². The van der Waals surface area contributed by atoms with Crippen LogP contribution in [0.15, 0.2) is 24.4 Å². The predicted octanol–water partition coefficient (Wildman–Crippen LogP) is 5.01. The number of fused-ring (bicyclic) bond motifs is 1. The fourth-order valence-corrected chi connectivity index (χ4v) is 2.33. The van der Waals surface area contributed by atoms with Crippen LogP contribution in [0.4, 0.5) is 0 Å². The Bertz CT molecular complexity index is 525. The van der Waals surface area contributed by atoms with Crippen LogP contribution >= 0.6 is 34.2 Å². The second-order valence-electron chi connectivity index (χ2n) is 4.01. The summed E-state index contributed by atoms with van der Waals surface area (Å²) < 4.78 is 1.01. The molecule has 1 atom stereocenters. The molecule has 0 amide bonds. The van der Waals surface area contributed by atoms with Gasteiger partial charge in [-0.15, -0.1) is 0 Å². The molecule has 16 heavy (non-hydrogen) atoms. The number of hydrogen-bond donors (Lipinski definition) is 0. The summed E-state index contributed by atoms with van der Waals surface area (Å²) in [7, 11) is 0. The molecular weight excluding hydrogens is 333 g/mol. The van der Waals surface area contributed by atoms with E-state index in [2.05, 4.69) is 59.6 Å². The van der Waals surface area contributed by atoms with E-state index >= 15 is 0 Å². The minimum atomic E-state index is 0.568. The molecule has 0 radical (unpaired) electrons. The van der Waals surface area contributed by atoms with Gasteiger partial charge < -0.3 is 0 Å². The first-order valence-corrected chi connectivity index (χ1v) is 6.82. The molecule has 1 nitrogen and oxygen atoms in total. The lowest BCUT2D eigenvalue weighted by molar-refractivity contribution is 0.734. The summed E-state index contributed by atoms with van der Waals surface area (Å²) in [6.07, 6.45) is 2.95. The summed E-state index contributed by atoms with van der Waals surface area (Å²) in [5, 5.41) is 1.88. The summed E-state index contributed by atoms with van der Waals surface area (Å²) in [5.41, 5.74) is 2.30. The van der Waals surface area contributed by atoms with Crippen LogP contribution in [0, 0.1) is 3.57 Å². The molecule has 2 rings (SSSR count). The van der Waals surface area contributed by atoms with E-state index in [9.17, 15) is 0 Å². The molecule has 2 aromatic rings. The first-order chi connectivity index (χ1) is 7.63. The summed E-state index contributed by atoms with van der Waals surface area (Å²) >= 11 is 8.51. The fourth-order valence-electron chi connectivity index (χ4n) is 1.70. The molecule has 0 aliphatic rings. The highest BCUT2D eigenvalue weighted by molar-refractivity contribution is 14.1. The number of benzene rings is 1. The van der Waals surface area contributed by atoms with Crippen LogP contribution < -0.4 is 0 Å². The van der Waals surface area contributed by atoms with E-state index < -0.39 is 0 Å². The van der Waals surface area contributed by atoms with Crippen LogP contribution in [0.25, 0.3) is 10.9 Å². The molecule has 1 unspecified atom stereocenters. The van der Waals surface area contributed by atoms with E-state index in [4.69, 9.17) is 11.6 Å². The van der Waals surface area contributed by atoms with Crippen LogP contribution in [0.2, 0.25) is 5.02 Å². The molecule has 1 aromatic heterocycles. The van der Waals surface area contributed by atoms with Gasteiger partial charge in [0.05, 0.1) is 14.1 Å². The molecule has 1 heterocycles. The largest absolute Gasteiger partial charge is 0.255 e. The highest BCUT2D eigenvalue weighted by atomic mass is 127. The molecule has 0 bridgehead atoms. The Morgan fingerprint density at radius 1 is 1.44 bits per heavy atom. The van der Waals surface area contributed by atoms with Gasteiger partial charge in [-0.25, -0.2) is 0 Å². The summed E-state index contributed by atoms with van der Waals surface area (Å²) in [6, 6.07) is 6.37. The van der Waals surface area contributed by atoms with Crippen molar-refractivity contribution in [2.75, 3.05) is 0 Å². The number of aromatic nitrogens is 1. The van der Waals surface area contributed by atoms with Gasteiger partial charge in [0.1, 0.15) is 0 Å². The highest BCUT2D eigenvalue weighted by Gasteiger charge is 2.08. The maximum atomic E-state index is 6.30. The van der Waals surface area contributed by atoms with Crippen molar-refractivity contribution in [2.24, 2.45) is 0 Å². The molecule has 0 fully saturated rings. The maximum Gasteiger partial charge on any atom is 0.0717 e. The molecule has 0 saturated heterocycles. The van der Waals surface area contributed by atoms with Crippen LogP contribution in [-0.2, 0) is 0 Å². The van der Waals surface area contributed by atoms with Gasteiger partial charge in [0.2, 0.25) is 0 Å². The Morgan fingerprint density at radius 2 is 2.19 bits per heavy atom. The molecule has 0 spiro atoms. The van der Waals surface area contributed by atoms with E-state index in [0.717, 1.165) is 25.9 Å². The standard InChI is InChI=1S/C13H13ClIN/c1-3-8(2)9-4-5-12-10(6-9)13(14)11(15)7-16-12/h4-8H,3H2,1-2H3. The Labute approximate surface area is 114 Å². The number of nitrogens with zero attached hydrogens (tertiary/aromatic N) is 1. The lowest BCUT2D eigenvalue weighted by Gasteiger charge is -2.10. The Hall–Kier alpha value is -0.350. The first-order valence-electron chi connectivity index (χ1n) is 5.37. The molecule has 0 aliphatic heterocycles. The monoisotopic (exact) mass is 345 g/mol. The van der Waals surface area contributed by atoms with Gasteiger partial charge in [-0.3, -0.25) is 4.98 Å². The molecule has 1 aromatic carbocycles. The van der Waals surface area contributed by atoms with Crippen molar-refractivity contribution >= 4 is 45.1 Å². The van der Waals surface area contributed by atoms with Crippen molar-refractivity contribution < 1.29 is 0 Å². The van der Waals surface area contributed by atoms with Gasteiger partial charge in [0, 0.05) is 11.6 Å². The average Bonchev–Trinajstić information content (AvgIpc) is 2.32. The number of halogens is 2. The molecule has 0 saturated carbocycles. The molecule has 3 heteroatoms. The van der Waals surface area contributed by atoms with Crippen LogP contribution in [0.1, 0.15) is 31.7 Å². The average molecular weight is 346 g/mol. The predicted molar refractivity (Wildman–Crippen MR) is 78.2 cm³/mol. The van der Waals surface area contributed by atoms with Gasteiger partial charge >= 0.3 is 0 Å². The van der Waals surface area contributed by atoms with E-state index in [1.807, 2.05) is 6.20 Å². The third-order valence-corrected chi connectivity index (χ3v) is 4.51. The number of hydrogen-bond acceptors (Lipinski definition) is 1. The SMILES string of the molecule is CCC(C)c1ccc2ncc(I)c(Cl)c2c1. The van der Waals surface area contributed by atoms with E-state index in [1.165, 1.54) is 5.56 Å². The molecule has 0 N–H and O–H groups in total. The van der Waals surface area contributed by atoms with Crippen LogP contribution in [0.3, 0.4) is 0 Å². The molecule has 84 valence electrons. The zero-order valence-electron chi connectivity index (χ0n) is 9.30. The third kappa shape index (κ3) is 2.18. The van der Waals surface area contributed by atoms with Crippen molar-refractivity contribution in [2.45, 2.75) is 26.2 Å². The second-order valence-corrected chi connectivity index (χ2v) is 5.55. The smallest absolute Gasteiger partial charge is 0.0717 e. The van der Waals surface area contributed by atoms with Gasteiger partial charge in [0.15, 0.2) is 0 Å². The topological polar surface area (TPSA) is 12.9 Å². The normalized spacial score (nSPS) is 13.0. The van der Waals surface area contributed by atoms with Gasteiger partial charge in [-0.2, -0.15) is 0 Å². The van der Waals surface area contributed by atoms with Crippen LogP contribution in [0.5, 0.6) is 0 Å². The van der Waals surface area contributed by atoms with Crippen molar-refractivity contribution in [1.29, 1.82) is 0 Å². The molecule has 0 aliphatic carbocycles. The van der Waals surface area contributed by atoms with E-state index in [0.29, 0.717) is 5.92 Å². The summed E-state index contributed by atoms with van der Waals surface area (Å²) in [6.45, 7) is 4.43. The van der Waals surface area contributed by atoms with Crippen molar-refractivity contribution in [3.63, 3.8) is 0 Å². The molecular formula is C13H13ClIN. The minimum absolute atomic E-state index is 0.568. The minimum Gasteiger partial charge on any atom is -0.255 e. The first kappa shape index (κ1) is 12.1. The zero-order valence-corrected chi connectivity index (χ0v) is 12.2. The maximum absolute atomic E-state index is 6.30.